The lowest BCUT2D eigenvalue weighted by Gasteiger charge is -2.33. The molecule has 1 aliphatic heterocycles. The van der Waals surface area contributed by atoms with Crippen LogP contribution in [0.15, 0.2) is 0 Å². The van der Waals surface area contributed by atoms with Gasteiger partial charge in [-0.3, -0.25) is 4.79 Å². The smallest absolute Gasteiger partial charge is 0.236 e. The highest BCUT2D eigenvalue weighted by Gasteiger charge is 2.21. The second-order valence-electron chi connectivity index (χ2n) is 6.69. The van der Waals surface area contributed by atoms with E-state index in [4.69, 9.17) is 0 Å². The number of rotatable bonds is 6. The quantitative estimate of drug-likeness (QED) is 0.734. The molecule has 0 aromatic carbocycles. The van der Waals surface area contributed by atoms with Crippen LogP contribution in [-0.4, -0.2) is 87.6 Å². The highest BCUT2D eigenvalue weighted by Crippen LogP contribution is 2.13. The normalized spacial score (nSPS) is 18.1. The van der Waals surface area contributed by atoms with Crippen molar-refractivity contribution >= 4 is 5.91 Å². The summed E-state index contributed by atoms with van der Waals surface area (Å²) < 4.78 is 0. The first-order valence-electron chi connectivity index (χ1n) is 7.12. The lowest BCUT2D eigenvalue weighted by molar-refractivity contribution is -0.131. The summed E-state index contributed by atoms with van der Waals surface area (Å²) in [7, 11) is 6.26. The van der Waals surface area contributed by atoms with Crippen LogP contribution in [0.5, 0.6) is 0 Å². The first-order chi connectivity index (χ1) is 8.80. The van der Waals surface area contributed by atoms with E-state index in [0.29, 0.717) is 6.54 Å². The number of piperazine rings is 1. The molecule has 0 spiro atoms. The Morgan fingerprint density at radius 3 is 2.32 bits per heavy atom. The maximum atomic E-state index is 12.0. The van der Waals surface area contributed by atoms with E-state index in [2.05, 4.69) is 50.1 Å². The molecule has 0 unspecified atom stereocenters. The number of carbonyl (C=O) groups excluding carboxylic acids is 1. The maximum absolute atomic E-state index is 12.0. The van der Waals surface area contributed by atoms with Gasteiger partial charge >= 0.3 is 0 Å². The number of carbonyl (C=O) groups is 1. The number of amides is 1. The van der Waals surface area contributed by atoms with Crippen LogP contribution < -0.4 is 5.32 Å². The van der Waals surface area contributed by atoms with Crippen LogP contribution in [0.4, 0.5) is 0 Å². The van der Waals surface area contributed by atoms with Gasteiger partial charge in [-0.2, -0.15) is 0 Å². The van der Waals surface area contributed by atoms with Crippen LogP contribution >= 0.6 is 0 Å². The Hall–Kier alpha value is -0.650. The summed E-state index contributed by atoms with van der Waals surface area (Å²) in [4.78, 5) is 18.5. The predicted octanol–water partition coefficient (Wildman–Crippen LogP) is -0.0622. The summed E-state index contributed by atoms with van der Waals surface area (Å²) in [6.45, 7) is 10.5. The third kappa shape index (κ3) is 6.36. The van der Waals surface area contributed by atoms with Crippen LogP contribution in [0.25, 0.3) is 0 Å². The number of nitrogens with zero attached hydrogens (tertiary/aromatic N) is 3. The zero-order valence-corrected chi connectivity index (χ0v) is 13.2. The molecule has 0 aliphatic carbocycles. The summed E-state index contributed by atoms with van der Waals surface area (Å²) in [5.74, 6) is 0.230. The number of nitrogens with one attached hydrogen (secondary N) is 1. The van der Waals surface area contributed by atoms with Gasteiger partial charge in [0, 0.05) is 39.3 Å². The number of hydrogen-bond acceptors (Lipinski definition) is 4. The van der Waals surface area contributed by atoms with E-state index in [1.807, 2.05) is 4.90 Å². The minimum Gasteiger partial charge on any atom is -0.339 e. The van der Waals surface area contributed by atoms with Crippen molar-refractivity contribution in [2.24, 2.45) is 5.41 Å². The second-order valence-corrected chi connectivity index (χ2v) is 6.69. The Labute approximate surface area is 117 Å². The van der Waals surface area contributed by atoms with Crippen molar-refractivity contribution < 1.29 is 4.79 Å². The van der Waals surface area contributed by atoms with Crippen LogP contribution in [0.2, 0.25) is 0 Å². The fourth-order valence-corrected chi connectivity index (χ4v) is 2.59. The molecule has 5 nitrogen and oxygen atoms in total. The minimum atomic E-state index is 0.186. The van der Waals surface area contributed by atoms with Gasteiger partial charge in [-0.05, 0) is 26.6 Å². The molecule has 1 aliphatic rings. The molecule has 0 radical (unpaired) electrons. The molecule has 0 atom stereocenters. The minimum absolute atomic E-state index is 0.186. The summed E-state index contributed by atoms with van der Waals surface area (Å²) in [5.41, 5.74) is 0.186. The summed E-state index contributed by atoms with van der Waals surface area (Å²) in [5, 5.41) is 3.31. The number of likely N-dealkylation sites (N-methyl/N-ethyl adjacent to an activating group) is 1. The van der Waals surface area contributed by atoms with Crippen LogP contribution in [-0.2, 0) is 4.79 Å². The molecule has 1 amide bonds. The average molecular weight is 270 g/mol. The summed E-state index contributed by atoms with van der Waals surface area (Å²) >= 11 is 0. The molecular weight excluding hydrogens is 240 g/mol. The van der Waals surface area contributed by atoms with E-state index < -0.39 is 0 Å². The molecule has 1 fully saturated rings. The molecule has 1 rings (SSSR count). The van der Waals surface area contributed by atoms with Gasteiger partial charge in [-0.25, -0.2) is 0 Å². The van der Waals surface area contributed by atoms with Crippen molar-refractivity contribution in [2.45, 2.75) is 13.8 Å². The van der Waals surface area contributed by atoms with Crippen LogP contribution in [0.3, 0.4) is 0 Å². The van der Waals surface area contributed by atoms with E-state index in [9.17, 15) is 4.79 Å². The van der Waals surface area contributed by atoms with Crippen molar-refractivity contribution in [2.75, 3.05) is 67.0 Å². The zero-order chi connectivity index (χ0) is 14.5. The zero-order valence-electron chi connectivity index (χ0n) is 13.2. The van der Waals surface area contributed by atoms with Crippen LogP contribution in [0.1, 0.15) is 13.8 Å². The second kappa shape index (κ2) is 7.22. The fourth-order valence-electron chi connectivity index (χ4n) is 2.59. The molecule has 5 heteroatoms. The summed E-state index contributed by atoms with van der Waals surface area (Å²) in [6.07, 6.45) is 0. The van der Waals surface area contributed by atoms with Crippen LogP contribution in [0, 0.1) is 5.41 Å². The Morgan fingerprint density at radius 2 is 1.79 bits per heavy atom. The van der Waals surface area contributed by atoms with Gasteiger partial charge in [0.25, 0.3) is 0 Å². The van der Waals surface area contributed by atoms with E-state index in [-0.39, 0.29) is 11.3 Å². The Kier molecular flexibility index (Phi) is 6.23. The van der Waals surface area contributed by atoms with E-state index >= 15 is 0 Å². The molecule has 1 heterocycles. The highest BCUT2D eigenvalue weighted by molar-refractivity contribution is 5.78. The molecule has 0 aromatic heterocycles. The molecule has 0 aromatic rings. The summed E-state index contributed by atoms with van der Waals surface area (Å²) in [6, 6.07) is 0. The largest absolute Gasteiger partial charge is 0.339 e. The van der Waals surface area contributed by atoms with E-state index in [1.54, 1.807) is 0 Å². The molecule has 19 heavy (non-hydrogen) atoms. The van der Waals surface area contributed by atoms with E-state index in [1.165, 1.54) is 0 Å². The Bertz CT molecular complexity index is 283. The maximum Gasteiger partial charge on any atom is 0.236 e. The predicted molar refractivity (Wildman–Crippen MR) is 79.3 cm³/mol. The molecule has 1 saturated heterocycles. The molecule has 112 valence electrons. The first-order valence-corrected chi connectivity index (χ1v) is 7.12. The Balaban J connectivity index is 2.23. The van der Waals surface area contributed by atoms with Gasteiger partial charge in [-0.1, -0.05) is 13.8 Å². The van der Waals surface area contributed by atoms with Gasteiger partial charge in [0.1, 0.15) is 0 Å². The monoisotopic (exact) mass is 270 g/mol. The molecule has 0 bridgehead atoms. The third-order valence-electron chi connectivity index (χ3n) is 3.48. The number of hydrogen-bond donors (Lipinski definition) is 1. The van der Waals surface area contributed by atoms with Gasteiger partial charge in [-0.15, -0.1) is 0 Å². The molecular formula is C14H30N4O. The Morgan fingerprint density at radius 1 is 1.21 bits per heavy atom. The van der Waals surface area contributed by atoms with Crippen molar-refractivity contribution in [3.63, 3.8) is 0 Å². The van der Waals surface area contributed by atoms with Crippen molar-refractivity contribution in [3.8, 4) is 0 Å². The fraction of sp³-hybridized carbons (Fsp3) is 0.929. The van der Waals surface area contributed by atoms with Gasteiger partial charge < -0.3 is 20.0 Å². The topological polar surface area (TPSA) is 38.8 Å². The first kappa shape index (κ1) is 16.4. The van der Waals surface area contributed by atoms with Gasteiger partial charge in [0.2, 0.25) is 5.91 Å². The molecule has 0 saturated carbocycles. The lowest BCUT2D eigenvalue weighted by Crippen LogP contribution is -2.50. The average Bonchev–Trinajstić information content (AvgIpc) is 2.27. The lowest BCUT2D eigenvalue weighted by atomic mass is 9.93. The third-order valence-corrected chi connectivity index (χ3v) is 3.48. The van der Waals surface area contributed by atoms with E-state index in [0.717, 1.165) is 39.3 Å². The standard InChI is InChI=1S/C14H30N4O/c1-14(2,12-16(3)4)11-15-10-13(19)18-8-6-17(5)7-9-18/h15H,6-12H2,1-5H3. The SMILES string of the molecule is CN(C)CC(C)(C)CNCC(=O)N1CCN(C)CC1. The van der Waals surface area contributed by atoms with Crippen molar-refractivity contribution in [1.82, 2.24) is 20.0 Å². The van der Waals surface area contributed by atoms with Crippen molar-refractivity contribution in [1.29, 1.82) is 0 Å². The van der Waals surface area contributed by atoms with Gasteiger partial charge in [0.05, 0.1) is 6.54 Å². The molecule has 1 N–H and O–H groups in total. The van der Waals surface area contributed by atoms with Crippen molar-refractivity contribution in [3.05, 3.63) is 0 Å². The van der Waals surface area contributed by atoms with Gasteiger partial charge in [0.15, 0.2) is 0 Å². The highest BCUT2D eigenvalue weighted by atomic mass is 16.2.